The Labute approximate surface area is 368 Å². The van der Waals surface area contributed by atoms with Crippen LogP contribution >= 0.6 is 0 Å². The zero-order chi connectivity index (χ0) is 44.4. The summed E-state index contributed by atoms with van der Waals surface area (Å²) in [6.45, 7) is 3.22. The van der Waals surface area contributed by atoms with E-state index < -0.39 is 5.97 Å². The number of nitrogens with one attached hydrogen (secondary N) is 2. The number of carboxylic acids is 1. The molecule has 11 nitrogen and oxygen atoms in total. The summed E-state index contributed by atoms with van der Waals surface area (Å²) >= 11 is 0. The monoisotopic (exact) mass is 850 g/mol. The predicted molar refractivity (Wildman–Crippen MR) is 249 cm³/mol. The van der Waals surface area contributed by atoms with Crippen molar-refractivity contribution in [3.05, 3.63) is 82.7 Å². The van der Waals surface area contributed by atoms with E-state index in [1.165, 1.54) is 70.3 Å². The molecule has 0 spiro atoms. The van der Waals surface area contributed by atoms with Crippen molar-refractivity contribution in [2.24, 2.45) is 0 Å². The van der Waals surface area contributed by atoms with E-state index in [0.29, 0.717) is 55.7 Å². The molecule has 1 fully saturated rings. The first-order valence-corrected chi connectivity index (χ1v) is 23.0. The number of benzene rings is 3. The fourth-order valence-electron chi connectivity index (χ4n) is 8.12. The van der Waals surface area contributed by atoms with E-state index in [9.17, 15) is 24.3 Å². The minimum atomic E-state index is -1.13. The third-order valence-electron chi connectivity index (χ3n) is 11.8. The molecule has 2 aliphatic heterocycles. The van der Waals surface area contributed by atoms with Gasteiger partial charge in [-0.05, 0) is 80.8 Å². The molecule has 1 unspecified atom stereocenters. The molecule has 1 atom stereocenters. The smallest absolute Gasteiger partial charge is 0.338 e. The number of ether oxygens (including phenoxy) is 1. The number of rotatable bonds is 26. The number of carbonyl (C=O) groups excluding carboxylic acids is 3. The van der Waals surface area contributed by atoms with Crippen LogP contribution in [0.25, 0.3) is 33.4 Å². The molecule has 0 bridgehead atoms. The number of esters is 1. The van der Waals surface area contributed by atoms with Gasteiger partial charge in [0.2, 0.25) is 11.3 Å². The number of hydrogen-bond acceptors (Lipinski definition) is 7. The van der Waals surface area contributed by atoms with Gasteiger partial charge in [-0.1, -0.05) is 83.3 Å². The highest BCUT2D eigenvalue weighted by atomic mass is 16.6. The molecule has 5 rings (SSSR count). The summed E-state index contributed by atoms with van der Waals surface area (Å²) in [4.78, 5) is 52.4. The third-order valence-corrected chi connectivity index (χ3v) is 11.8. The van der Waals surface area contributed by atoms with Crippen molar-refractivity contribution in [3.63, 3.8) is 0 Å². The zero-order valence-corrected chi connectivity index (χ0v) is 37.8. The van der Waals surface area contributed by atoms with Gasteiger partial charge in [0.25, 0.3) is 5.91 Å². The van der Waals surface area contributed by atoms with Gasteiger partial charge in [0.1, 0.15) is 31.5 Å². The van der Waals surface area contributed by atoms with Crippen molar-refractivity contribution >= 4 is 40.4 Å². The summed E-state index contributed by atoms with van der Waals surface area (Å²) in [6, 6.07) is 16.6. The average molecular weight is 850 g/mol. The van der Waals surface area contributed by atoms with Crippen LogP contribution in [0.1, 0.15) is 143 Å². The summed E-state index contributed by atoms with van der Waals surface area (Å²) in [5.41, 5.74) is 4.62. The van der Waals surface area contributed by atoms with E-state index >= 15 is 0 Å². The standard InChI is InChI=1S/C51H68N4O7/c1-6-7-8-9-10-11-12-13-14-15-17-23-44-42(51(60)62-44)22-18-19-24-47(56)52-31-20-16-21-32-53-49(57)36-25-28-39(43(33-36)50(58)59)48-40-29-26-37(54(2)3)34-45(40)61-46-35-38(55(4)5)27-30-41(46)48/h22,25-30,33-35,44H,6-21,23-24,31-32H2,1-5H3,(H2-,52,53,56,57,58,59)/p+1/b42-22-. The lowest BCUT2D eigenvalue weighted by Crippen LogP contribution is -2.36. The number of anilines is 1. The number of carbonyl (C=O) groups is 4. The average Bonchev–Trinajstić information content (AvgIpc) is 3.25. The van der Waals surface area contributed by atoms with Gasteiger partial charge >= 0.3 is 11.9 Å². The van der Waals surface area contributed by atoms with Crippen LogP contribution in [0.4, 0.5) is 5.69 Å². The van der Waals surface area contributed by atoms with Crippen molar-refractivity contribution in [1.82, 2.24) is 15.2 Å². The van der Waals surface area contributed by atoms with E-state index in [1.807, 2.05) is 80.1 Å². The summed E-state index contributed by atoms with van der Waals surface area (Å²) < 4.78 is 13.8. The van der Waals surface area contributed by atoms with Crippen molar-refractivity contribution in [2.45, 2.75) is 129 Å². The van der Waals surface area contributed by atoms with E-state index in [1.54, 1.807) is 12.1 Å². The molecule has 11 heteroatoms. The first-order chi connectivity index (χ1) is 30.0. The van der Waals surface area contributed by atoms with Crippen LogP contribution in [0.2, 0.25) is 0 Å². The molecule has 2 heterocycles. The van der Waals surface area contributed by atoms with Crippen molar-refractivity contribution in [3.8, 4) is 22.5 Å². The van der Waals surface area contributed by atoms with Crippen molar-refractivity contribution in [2.75, 3.05) is 46.2 Å². The van der Waals surface area contributed by atoms with E-state index in [-0.39, 0.29) is 35.0 Å². The normalized spacial score (nSPS) is 14.2. The Bertz CT molecular complexity index is 2220. The molecule has 334 valence electrons. The van der Waals surface area contributed by atoms with Crippen LogP contribution in [-0.4, -0.2) is 76.2 Å². The maximum atomic E-state index is 13.2. The molecular formula is C51H69N4O7+. The van der Waals surface area contributed by atoms with Crippen LogP contribution in [0, 0.1) is 0 Å². The Morgan fingerprint density at radius 3 is 2.10 bits per heavy atom. The SMILES string of the molecule is CCCCCCCCCCCCCC1OC(=O)/C1=C\CCCC(=O)NCCCCCNC(=O)c1ccc(-c2c3ccc(=[N+](C)C)cc-3oc3cc(N(C)C)ccc23)c(C(=O)O)c1. The fraction of sp³-hybridized carbons (Fsp3) is 0.510. The van der Waals surface area contributed by atoms with E-state index in [4.69, 9.17) is 9.15 Å². The maximum absolute atomic E-state index is 13.2. The minimum Gasteiger partial charge on any atom is -0.478 e. The molecule has 2 aromatic rings. The second-order valence-corrected chi connectivity index (χ2v) is 17.1. The number of nitrogens with zero attached hydrogens (tertiary/aromatic N) is 2. The maximum Gasteiger partial charge on any atom is 0.338 e. The number of fused-ring (bicyclic) bond motifs is 2. The van der Waals surface area contributed by atoms with Gasteiger partial charge in [-0.25, -0.2) is 14.2 Å². The highest BCUT2D eigenvalue weighted by Crippen LogP contribution is 2.42. The largest absolute Gasteiger partial charge is 0.478 e. The summed E-state index contributed by atoms with van der Waals surface area (Å²) in [5, 5.41) is 18.0. The molecule has 3 N–H and O–H groups in total. The second kappa shape index (κ2) is 24.3. The van der Waals surface area contributed by atoms with E-state index in [2.05, 4.69) is 17.6 Å². The molecule has 62 heavy (non-hydrogen) atoms. The number of unbranched alkanes of at least 4 members (excludes halogenated alkanes) is 13. The second-order valence-electron chi connectivity index (χ2n) is 17.1. The van der Waals surface area contributed by atoms with Crippen LogP contribution in [0.5, 0.6) is 0 Å². The van der Waals surface area contributed by atoms with Gasteiger partial charge in [0.15, 0.2) is 0 Å². The van der Waals surface area contributed by atoms with Crippen LogP contribution in [0.3, 0.4) is 0 Å². The quantitative estimate of drug-likeness (QED) is 0.0187. The molecule has 1 saturated heterocycles. The lowest BCUT2D eigenvalue weighted by atomic mass is 9.89. The van der Waals surface area contributed by atoms with Crippen LogP contribution in [0.15, 0.2) is 70.7 Å². The van der Waals surface area contributed by atoms with Gasteiger partial charge in [0, 0.05) is 73.5 Å². The number of cyclic esters (lactones) is 1. The molecule has 3 aliphatic rings. The Hall–Kier alpha value is -5.45. The number of allylic oxidation sites excluding steroid dienone is 1. The molecule has 2 aromatic carbocycles. The Morgan fingerprint density at radius 1 is 0.774 bits per heavy atom. The first-order valence-electron chi connectivity index (χ1n) is 23.0. The minimum absolute atomic E-state index is 0.00870. The highest BCUT2D eigenvalue weighted by Gasteiger charge is 2.34. The third kappa shape index (κ3) is 13.5. The van der Waals surface area contributed by atoms with Crippen molar-refractivity contribution < 1.29 is 33.4 Å². The fourth-order valence-corrected chi connectivity index (χ4v) is 8.12. The van der Waals surface area contributed by atoms with Gasteiger partial charge in [-0.15, -0.1) is 0 Å². The molecule has 0 radical (unpaired) electrons. The topological polar surface area (TPSA) is 141 Å². The molecular weight excluding hydrogens is 781 g/mol. The number of aromatic carboxylic acids is 1. The number of carboxylic acid groups (broad SMARTS) is 1. The summed E-state index contributed by atoms with van der Waals surface area (Å²) in [6.07, 6.45) is 21.0. The van der Waals surface area contributed by atoms with Gasteiger partial charge in [0.05, 0.1) is 17.2 Å². The lowest BCUT2D eigenvalue weighted by Gasteiger charge is -2.29. The van der Waals surface area contributed by atoms with Gasteiger partial charge in [-0.3, -0.25) is 9.59 Å². The summed E-state index contributed by atoms with van der Waals surface area (Å²) in [7, 11) is 7.81. The van der Waals surface area contributed by atoms with Crippen LogP contribution < -0.4 is 25.5 Å². The molecule has 1 aliphatic carbocycles. The number of amides is 2. The number of hydrogen-bond donors (Lipinski definition) is 3. The lowest BCUT2D eigenvalue weighted by molar-refractivity contribution is -0.156. The zero-order valence-electron chi connectivity index (χ0n) is 37.8. The van der Waals surface area contributed by atoms with E-state index in [0.717, 1.165) is 58.8 Å². The van der Waals surface area contributed by atoms with Crippen LogP contribution in [-0.2, 0) is 14.3 Å². The molecule has 2 amide bonds. The Morgan fingerprint density at radius 2 is 1.44 bits per heavy atom. The predicted octanol–water partition coefficient (Wildman–Crippen LogP) is 9.74. The van der Waals surface area contributed by atoms with Crippen molar-refractivity contribution in [1.29, 1.82) is 0 Å². The van der Waals surface area contributed by atoms with Gasteiger partial charge < -0.3 is 29.8 Å². The summed E-state index contributed by atoms with van der Waals surface area (Å²) in [5.74, 6) is -1.08. The molecule has 0 saturated carbocycles. The van der Waals surface area contributed by atoms with Gasteiger partial charge in [-0.2, -0.15) is 0 Å². The first kappa shape index (κ1) is 47.6. The Kier molecular flexibility index (Phi) is 18.6. The highest BCUT2D eigenvalue weighted by molar-refractivity contribution is 6.09. The molecule has 0 aromatic heterocycles. The Balaban J connectivity index is 1.02.